The molecule has 0 saturated carbocycles. The zero-order chi connectivity index (χ0) is 19.1. The minimum absolute atomic E-state index is 0.107. The Morgan fingerprint density at radius 3 is 2.73 bits per heavy atom. The van der Waals surface area contributed by atoms with E-state index >= 15 is 0 Å². The van der Waals surface area contributed by atoms with E-state index < -0.39 is 5.54 Å². The van der Waals surface area contributed by atoms with Crippen molar-refractivity contribution < 1.29 is 9.15 Å². The summed E-state index contributed by atoms with van der Waals surface area (Å²) in [4.78, 5) is 12.5. The van der Waals surface area contributed by atoms with Crippen molar-refractivity contribution in [2.24, 2.45) is 0 Å². The number of halogens is 1. The van der Waals surface area contributed by atoms with Crippen LogP contribution in [0.15, 0.2) is 39.7 Å². The van der Waals surface area contributed by atoms with Crippen molar-refractivity contribution in [3.63, 3.8) is 0 Å². The average molecular weight is 376 g/mol. The van der Waals surface area contributed by atoms with Gasteiger partial charge in [-0.15, -0.1) is 0 Å². The molecule has 0 aliphatic heterocycles. The molecule has 2 heterocycles. The fourth-order valence-electron chi connectivity index (χ4n) is 2.75. The van der Waals surface area contributed by atoms with Gasteiger partial charge in [0.05, 0.1) is 30.6 Å². The lowest BCUT2D eigenvalue weighted by molar-refractivity contribution is 0.338. The van der Waals surface area contributed by atoms with E-state index in [1.54, 1.807) is 13.3 Å². The van der Waals surface area contributed by atoms with Gasteiger partial charge >= 0.3 is 0 Å². The van der Waals surface area contributed by atoms with E-state index in [1.807, 2.05) is 52.0 Å². The highest BCUT2D eigenvalue weighted by Crippen LogP contribution is 2.32. The summed E-state index contributed by atoms with van der Waals surface area (Å²) in [5.74, 6) is 1.38. The summed E-state index contributed by atoms with van der Waals surface area (Å²) in [6.45, 7) is 7.62. The van der Waals surface area contributed by atoms with Gasteiger partial charge in [0.1, 0.15) is 10.8 Å². The largest absolute Gasteiger partial charge is 0.493 e. The van der Waals surface area contributed by atoms with E-state index in [0.717, 1.165) is 5.39 Å². The molecule has 2 aromatic heterocycles. The van der Waals surface area contributed by atoms with E-state index in [9.17, 15) is 4.79 Å². The molecule has 26 heavy (non-hydrogen) atoms. The van der Waals surface area contributed by atoms with Gasteiger partial charge in [-0.3, -0.25) is 4.79 Å². The van der Waals surface area contributed by atoms with Crippen LogP contribution in [0.4, 0.5) is 5.69 Å². The first-order valence-corrected chi connectivity index (χ1v) is 8.71. The van der Waals surface area contributed by atoms with Crippen molar-refractivity contribution >= 4 is 28.3 Å². The number of aromatic nitrogens is 2. The fourth-order valence-corrected chi connectivity index (χ4v) is 2.93. The molecule has 7 heteroatoms. The number of nitrogens with zero attached hydrogens (tertiary/aromatic N) is 2. The van der Waals surface area contributed by atoms with Crippen LogP contribution in [0.2, 0.25) is 5.02 Å². The molecule has 0 fully saturated rings. The molecule has 1 aromatic carbocycles. The van der Waals surface area contributed by atoms with Crippen LogP contribution in [0, 0.1) is 0 Å². The third-order valence-electron chi connectivity index (χ3n) is 4.10. The molecule has 3 aromatic rings. The zero-order valence-electron chi connectivity index (χ0n) is 15.5. The van der Waals surface area contributed by atoms with Gasteiger partial charge in [0.15, 0.2) is 11.3 Å². The molecule has 1 N–H and O–H groups in total. The molecule has 0 radical (unpaired) electrons. The number of hydrogen-bond donors (Lipinski definition) is 1. The second-order valence-electron chi connectivity index (χ2n) is 7.15. The summed E-state index contributed by atoms with van der Waals surface area (Å²) in [7, 11) is 1.61. The molecule has 0 aliphatic rings. The van der Waals surface area contributed by atoms with Gasteiger partial charge in [0, 0.05) is 5.39 Å². The molecule has 0 spiro atoms. The number of furan rings is 1. The Morgan fingerprint density at radius 1 is 1.35 bits per heavy atom. The molecule has 138 valence electrons. The molecule has 3 rings (SSSR count). The molecule has 1 atom stereocenters. The lowest BCUT2D eigenvalue weighted by Gasteiger charge is -2.22. The first-order chi connectivity index (χ1) is 12.2. The minimum atomic E-state index is -0.444. The Hall–Kier alpha value is -2.47. The normalized spacial score (nSPS) is 13.0. The summed E-state index contributed by atoms with van der Waals surface area (Å²) >= 11 is 6.28. The lowest BCUT2D eigenvalue weighted by Crippen LogP contribution is -2.36. The number of rotatable bonds is 4. The van der Waals surface area contributed by atoms with Gasteiger partial charge < -0.3 is 14.5 Å². The molecule has 0 amide bonds. The molecule has 6 nitrogen and oxygen atoms in total. The van der Waals surface area contributed by atoms with Crippen LogP contribution < -0.4 is 15.6 Å². The number of para-hydroxylation sites is 1. The van der Waals surface area contributed by atoms with Crippen LogP contribution in [-0.2, 0) is 5.54 Å². The average Bonchev–Trinajstić information content (AvgIpc) is 3.02. The van der Waals surface area contributed by atoms with E-state index in [0.29, 0.717) is 22.8 Å². The van der Waals surface area contributed by atoms with E-state index in [2.05, 4.69) is 10.4 Å². The Bertz CT molecular complexity index is 1000. The second-order valence-corrected chi connectivity index (χ2v) is 7.53. The second kappa shape index (κ2) is 6.68. The van der Waals surface area contributed by atoms with Crippen LogP contribution in [0.1, 0.15) is 39.5 Å². The summed E-state index contributed by atoms with van der Waals surface area (Å²) in [5.41, 5.74) is 0.380. The number of methoxy groups -OCH3 is 1. The Labute approximate surface area is 156 Å². The number of anilines is 1. The van der Waals surface area contributed by atoms with Crippen LogP contribution in [0.3, 0.4) is 0 Å². The molecular formula is C19H22ClN3O3. The van der Waals surface area contributed by atoms with Crippen molar-refractivity contribution in [2.75, 3.05) is 12.4 Å². The van der Waals surface area contributed by atoms with Gasteiger partial charge in [-0.25, -0.2) is 4.68 Å². The number of nitrogens with one attached hydrogen (secondary N) is 1. The minimum Gasteiger partial charge on any atom is -0.493 e. The van der Waals surface area contributed by atoms with Gasteiger partial charge in [0.2, 0.25) is 0 Å². The Morgan fingerprint density at radius 2 is 2.08 bits per heavy atom. The molecular weight excluding hydrogens is 354 g/mol. The van der Waals surface area contributed by atoms with Crippen molar-refractivity contribution in [1.29, 1.82) is 0 Å². The van der Waals surface area contributed by atoms with Gasteiger partial charge in [-0.05, 0) is 39.8 Å². The van der Waals surface area contributed by atoms with Gasteiger partial charge in [-0.1, -0.05) is 23.7 Å². The first kappa shape index (κ1) is 18.3. The quantitative estimate of drug-likeness (QED) is 0.722. The third kappa shape index (κ3) is 3.29. The van der Waals surface area contributed by atoms with Crippen molar-refractivity contribution in [2.45, 2.75) is 39.3 Å². The maximum Gasteiger partial charge on any atom is 0.288 e. The maximum absolute atomic E-state index is 12.5. The molecule has 0 bridgehead atoms. The van der Waals surface area contributed by atoms with Gasteiger partial charge in [-0.2, -0.15) is 5.10 Å². The molecule has 0 aliphatic carbocycles. The summed E-state index contributed by atoms with van der Waals surface area (Å²) in [5, 5.41) is 8.49. The van der Waals surface area contributed by atoms with Crippen molar-refractivity contribution in [3.8, 4) is 5.75 Å². The number of hydrogen-bond acceptors (Lipinski definition) is 5. The number of benzene rings is 1. The topological polar surface area (TPSA) is 69.3 Å². The zero-order valence-corrected chi connectivity index (χ0v) is 16.2. The monoisotopic (exact) mass is 375 g/mol. The number of ether oxygens (including phenoxy) is 1. The van der Waals surface area contributed by atoms with E-state index in [4.69, 9.17) is 20.8 Å². The SMILES string of the molecule is COc1cccc2cc([C@@H](C)Nc3cnn(C(C)(C)C)c(=O)c3Cl)oc12. The summed E-state index contributed by atoms with van der Waals surface area (Å²) < 4.78 is 12.6. The smallest absolute Gasteiger partial charge is 0.288 e. The molecule has 0 saturated heterocycles. The summed E-state index contributed by atoms with van der Waals surface area (Å²) in [6.07, 6.45) is 1.56. The fraction of sp³-hybridized carbons (Fsp3) is 0.368. The van der Waals surface area contributed by atoms with Crippen LogP contribution in [-0.4, -0.2) is 16.9 Å². The standard InChI is InChI=1S/C19H22ClN3O3/c1-11(15-9-12-7-6-8-14(25-5)17(12)26-15)22-13-10-21-23(19(2,3)4)18(24)16(13)20/h6-11,22H,1-5H3/t11-/m1/s1. The van der Waals surface area contributed by atoms with Crippen molar-refractivity contribution in [3.05, 3.63) is 51.6 Å². The predicted octanol–water partition coefficient (Wildman–Crippen LogP) is 4.58. The molecule has 0 unspecified atom stereocenters. The van der Waals surface area contributed by atoms with Crippen LogP contribution in [0.25, 0.3) is 11.0 Å². The Kier molecular flexibility index (Phi) is 4.71. The third-order valence-corrected chi connectivity index (χ3v) is 4.47. The predicted molar refractivity (Wildman–Crippen MR) is 103 cm³/mol. The Balaban J connectivity index is 1.92. The number of fused-ring (bicyclic) bond motifs is 1. The van der Waals surface area contributed by atoms with E-state index in [-0.39, 0.29) is 16.6 Å². The highest BCUT2D eigenvalue weighted by Gasteiger charge is 2.21. The highest BCUT2D eigenvalue weighted by molar-refractivity contribution is 6.32. The lowest BCUT2D eigenvalue weighted by atomic mass is 10.1. The van der Waals surface area contributed by atoms with Crippen molar-refractivity contribution in [1.82, 2.24) is 9.78 Å². The van der Waals surface area contributed by atoms with Crippen LogP contribution >= 0.6 is 11.6 Å². The van der Waals surface area contributed by atoms with Crippen LogP contribution in [0.5, 0.6) is 5.75 Å². The van der Waals surface area contributed by atoms with E-state index in [1.165, 1.54) is 4.68 Å². The maximum atomic E-state index is 12.5. The first-order valence-electron chi connectivity index (χ1n) is 8.33. The highest BCUT2D eigenvalue weighted by atomic mass is 35.5. The summed E-state index contributed by atoms with van der Waals surface area (Å²) in [6, 6.07) is 7.44. The van der Waals surface area contributed by atoms with Gasteiger partial charge in [0.25, 0.3) is 5.56 Å².